The molecule has 0 spiro atoms. The molecule has 2 rings (SSSR count). The van der Waals surface area contributed by atoms with Gasteiger partial charge in [-0.3, -0.25) is 4.79 Å². The SMILES string of the molecule is COc1cccc(F)c1C(=O)N1CCCCC1CN. The summed E-state index contributed by atoms with van der Waals surface area (Å²) in [6.45, 7) is 1.03. The molecule has 1 atom stereocenters. The smallest absolute Gasteiger partial charge is 0.260 e. The summed E-state index contributed by atoms with van der Waals surface area (Å²) in [6.07, 6.45) is 2.86. The van der Waals surface area contributed by atoms with Crippen LogP contribution in [0, 0.1) is 5.82 Å². The van der Waals surface area contributed by atoms with E-state index in [1.807, 2.05) is 0 Å². The number of halogens is 1. The first-order valence-electron chi connectivity index (χ1n) is 6.52. The van der Waals surface area contributed by atoms with Gasteiger partial charge in [0.05, 0.1) is 7.11 Å². The first kappa shape index (κ1) is 13.8. The van der Waals surface area contributed by atoms with Gasteiger partial charge in [-0.25, -0.2) is 4.39 Å². The van der Waals surface area contributed by atoms with Gasteiger partial charge in [0.25, 0.3) is 5.91 Å². The summed E-state index contributed by atoms with van der Waals surface area (Å²) in [5, 5.41) is 0. The molecule has 1 heterocycles. The maximum Gasteiger partial charge on any atom is 0.260 e. The summed E-state index contributed by atoms with van der Waals surface area (Å²) >= 11 is 0. The highest BCUT2D eigenvalue weighted by atomic mass is 19.1. The third-order valence-electron chi connectivity index (χ3n) is 3.57. The molecule has 0 aliphatic carbocycles. The van der Waals surface area contributed by atoms with Crippen molar-refractivity contribution in [3.05, 3.63) is 29.6 Å². The lowest BCUT2D eigenvalue weighted by atomic mass is 10.0. The minimum atomic E-state index is -0.550. The predicted octanol–water partition coefficient (Wildman–Crippen LogP) is 1.79. The Balaban J connectivity index is 2.32. The molecule has 4 nitrogen and oxygen atoms in total. The van der Waals surface area contributed by atoms with E-state index in [9.17, 15) is 9.18 Å². The molecule has 1 amide bonds. The van der Waals surface area contributed by atoms with E-state index < -0.39 is 5.82 Å². The third-order valence-corrected chi connectivity index (χ3v) is 3.57. The van der Waals surface area contributed by atoms with E-state index in [1.165, 1.54) is 19.2 Å². The van der Waals surface area contributed by atoms with Gasteiger partial charge in [-0.2, -0.15) is 0 Å². The van der Waals surface area contributed by atoms with Gasteiger partial charge in [0.1, 0.15) is 17.1 Å². The average Bonchev–Trinajstić information content (AvgIpc) is 2.46. The van der Waals surface area contributed by atoms with Crippen molar-refractivity contribution in [2.75, 3.05) is 20.2 Å². The van der Waals surface area contributed by atoms with Crippen LogP contribution < -0.4 is 10.5 Å². The molecule has 104 valence electrons. The molecular weight excluding hydrogens is 247 g/mol. The topological polar surface area (TPSA) is 55.6 Å². The monoisotopic (exact) mass is 266 g/mol. The molecular formula is C14H19FN2O2. The molecule has 0 saturated carbocycles. The maximum atomic E-state index is 13.9. The number of rotatable bonds is 3. The highest BCUT2D eigenvalue weighted by molar-refractivity contribution is 5.97. The molecule has 1 aliphatic heterocycles. The molecule has 1 aromatic carbocycles. The van der Waals surface area contributed by atoms with Gasteiger partial charge < -0.3 is 15.4 Å². The number of amides is 1. The highest BCUT2D eigenvalue weighted by Gasteiger charge is 2.29. The van der Waals surface area contributed by atoms with Gasteiger partial charge in [-0.15, -0.1) is 0 Å². The van der Waals surface area contributed by atoms with Crippen molar-refractivity contribution in [3.8, 4) is 5.75 Å². The Kier molecular flexibility index (Phi) is 4.37. The first-order valence-corrected chi connectivity index (χ1v) is 6.52. The fourth-order valence-corrected chi connectivity index (χ4v) is 2.54. The molecule has 1 aromatic rings. The van der Waals surface area contributed by atoms with Gasteiger partial charge in [0, 0.05) is 19.1 Å². The Morgan fingerprint density at radius 1 is 1.53 bits per heavy atom. The second kappa shape index (κ2) is 6.02. The number of likely N-dealkylation sites (tertiary alicyclic amines) is 1. The highest BCUT2D eigenvalue weighted by Crippen LogP contribution is 2.26. The molecule has 5 heteroatoms. The normalized spacial score (nSPS) is 19.3. The van der Waals surface area contributed by atoms with Crippen molar-refractivity contribution in [2.45, 2.75) is 25.3 Å². The van der Waals surface area contributed by atoms with Crippen molar-refractivity contribution in [3.63, 3.8) is 0 Å². The van der Waals surface area contributed by atoms with Crippen LogP contribution in [-0.2, 0) is 0 Å². The summed E-state index contributed by atoms with van der Waals surface area (Å²) in [4.78, 5) is 14.2. The van der Waals surface area contributed by atoms with Crippen LogP contribution in [0.15, 0.2) is 18.2 Å². The number of carbonyl (C=O) groups is 1. The van der Waals surface area contributed by atoms with Gasteiger partial charge in [-0.05, 0) is 31.4 Å². The summed E-state index contributed by atoms with van der Waals surface area (Å²) in [6, 6.07) is 4.39. The third kappa shape index (κ3) is 2.71. The first-order chi connectivity index (χ1) is 9.19. The number of piperidine rings is 1. The molecule has 0 bridgehead atoms. The summed E-state index contributed by atoms with van der Waals surface area (Å²) in [5.74, 6) is -0.609. The van der Waals surface area contributed by atoms with E-state index in [0.717, 1.165) is 19.3 Å². The van der Waals surface area contributed by atoms with Crippen molar-refractivity contribution < 1.29 is 13.9 Å². The fourth-order valence-electron chi connectivity index (χ4n) is 2.54. The summed E-state index contributed by atoms with van der Waals surface area (Å²) in [7, 11) is 1.43. The van der Waals surface area contributed by atoms with E-state index in [2.05, 4.69) is 0 Å². The number of hydrogen-bond acceptors (Lipinski definition) is 3. The molecule has 0 aromatic heterocycles. The molecule has 0 radical (unpaired) electrons. The Labute approximate surface area is 112 Å². The molecule has 2 N–H and O–H groups in total. The van der Waals surface area contributed by atoms with Crippen LogP contribution in [0.4, 0.5) is 4.39 Å². The second-order valence-corrected chi connectivity index (χ2v) is 4.70. The molecule has 1 saturated heterocycles. The van der Waals surface area contributed by atoms with Gasteiger partial charge >= 0.3 is 0 Å². The summed E-state index contributed by atoms with van der Waals surface area (Å²) in [5.41, 5.74) is 5.70. The van der Waals surface area contributed by atoms with Crippen LogP contribution >= 0.6 is 0 Å². The zero-order valence-electron chi connectivity index (χ0n) is 11.1. The van der Waals surface area contributed by atoms with Crippen LogP contribution in [0.25, 0.3) is 0 Å². The fraction of sp³-hybridized carbons (Fsp3) is 0.500. The Bertz CT molecular complexity index is 465. The number of methoxy groups -OCH3 is 1. The average molecular weight is 266 g/mol. The Hall–Kier alpha value is -1.62. The number of ether oxygens (including phenoxy) is 1. The second-order valence-electron chi connectivity index (χ2n) is 4.70. The van der Waals surface area contributed by atoms with Crippen molar-refractivity contribution in [2.24, 2.45) is 5.73 Å². The van der Waals surface area contributed by atoms with E-state index >= 15 is 0 Å². The Morgan fingerprint density at radius 2 is 2.32 bits per heavy atom. The number of nitrogens with zero attached hydrogens (tertiary/aromatic N) is 1. The minimum Gasteiger partial charge on any atom is -0.496 e. The number of hydrogen-bond donors (Lipinski definition) is 1. The molecule has 19 heavy (non-hydrogen) atoms. The van der Waals surface area contributed by atoms with Gasteiger partial charge in [-0.1, -0.05) is 6.07 Å². The zero-order valence-corrected chi connectivity index (χ0v) is 11.1. The van der Waals surface area contributed by atoms with Crippen molar-refractivity contribution in [1.29, 1.82) is 0 Å². The number of carbonyl (C=O) groups excluding carboxylic acids is 1. The number of nitrogens with two attached hydrogens (primary N) is 1. The minimum absolute atomic E-state index is 0.00495. The lowest BCUT2D eigenvalue weighted by Gasteiger charge is -2.35. The largest absolute Gasteiger partial charge is 0.496 e. The summed E-state index contributed by atoms with van der Waals surface area (Å²) < 4.78 is 19.0. The van der Waals surface area contributed by atoms with Crippen LogP contribution in [0.1, 0.15) is 29.6 Å². The number of benzene rings is 1. The van der Waals surface area contributed by atoms with E-state index in [-0.39, 0.29) is 23.3 Å². The van der Waals surface area contributed by atoms with Gasteiger partial charge in [0.15, 0.2) is 0 Å². The van der Waals surface area contributed by atoms with Crippen LogP contribution in [0.3, 0.4) is 0 Å². The molecule has 1 aliphatic rings. The molecule has 1 fully saturated rings. The van der Waals surface area contributed by atoms with Crippen LogP contribution in [0.2, 0.25) is 0 Å². The van der Waals surface area contributed by atoms with E-state index in [4.69, 9.17) is 10.5 Å². The van der Waals surface area contributed by atoms with E-state index in [0.29, 0.717) is 13.1 Å². The quantitative estimate of drug-likeness (QED) is 0.907. The lowest BCUT2D eigenvalue weighted by Crippen LogP contribution is -2.47. The Morgan fingerprint density at radius 3 is 3.00 bits per heavy atom. The van der Waals surface area contributed by atoms with Crippen LogP contribution in [-0.4, -0.2) is 37.0 Å². The molecule has 1 unspecified atom stereocenters. The van der Waals surface area contributed by atoms with Gasteiger partial charge in [0.2, 0.25) is 0 Å². The van der Waals surface area contributed by atoms with Crippen molar-refractivity contribution in [1.82, 2.24) is 4.90 Å². The maximum absolute atomic E-state index is 13.9. The van der Waals surface area contributed by atoms with Crippen LogP contribution in [0.5, 0.6) is 5.75 Å². The predicted molar refractivity (Wildman–Crippen MR) is 70.7 cm³/mol. The zero-order chi connectivity index (χ0) is 13.8. The van der Waals surface area contributed by atoms with E-state index in [1.54, 1.807) is 11.0 Å². The standard InChI is InChI=1S/C14H19FN2O2/c1-19-12-7-4-6-11(15)13(12)14(18)17-8-3-2-5-10(17)9-16/h4,6-7,10H,2-3,5,8-9,16H2,1H3. The van der Waals surface area contributed by atoms with Crippen molar-refractivity contribution >= 4 is 5.91 Å². The lowest BCUT2D eigenvalue weighted by molar-refractivity contribution is 0.0615.